The average Bonchev–Trinajstić information content (AvgIpc) is 3.26. The van der Waals surface area contributed by atoms with Gasteiger partial charge in [-0.2, -0.15) is 0 Å². The highest BCUT2D eigenvalue weighted by molar-refractivity contribution is 5.88. The van der Waals surface area contributed by atoms with Gasteiger partial charge in [0.2, 0.25) is 0 Å². The van der Waals surface area contributed by atoms with Gasteiger partial charge in [-0.25, -0.2) is 4.68 Å². The number of rotatable bonds is 8. The third kappa shape index (κ3) is 4.26. The van der Waals surface area contributed by atoms with Crippen LogP contribution >= 0.6 is 0 Å². The number of benzene rings is 2. The summed E-state index contributed by atoms with van der Waals surface area (Å²) in [5.74, 6) is -0.0907. The molecule has 0 saturated heterocycles. The van der Waals surface area contributed by atoms with Crippen molar-refractivity contribution in [3.63, 3.8) is 0 Å². The van der Waals surface area contributed by atoms with Gasteiger partial charge >= 0.3 is 0 Å². The lowest BCUT2D eigenvalue weighted by atomic mass is 9.66. The maximum absolute atomic E-state index is 13.8. The molecule has 176 valence electrons. The summed E-state index contributed by atoms with van der Waals surface area (Å²) < 4.78 is 1.88. The van der Waals surface area contributed by atoms with E-state index in [0.717, 1.165) is 51.0 Å². The van der Waals surface area contributed by atoms with E-state index in [9.17, 15) is 9.90 Å². The first-order chi connectivity index (χ1) is 16.3. The Morgan fingerprint density at radius 2 is 1.94 bits per heavy atom. The van der Waals surface area contributed by atoms with Crippen LogP contribution in [0.5, 0.6) is 0 Å². The lowest BCUT2D eigenvalue weighted by molar-refractivity contribution is -0.127. The molecule has 2 aromatic carbocycles. The Kier molecular flexibility index (Phi) is 6.62. The molecule has 0 bridgehead atoms. The second-order valence-electron chi connectivity index (χ2n) is 9.51. The molecule has 6 heteroatoms. The van der Waals surface area contributed by atoms with E-state index < -0.39 is 5.41 Å². The zero-order valence-electron chi connectivity index (χ0n) is 20.5. The van der Waals surface area contributed by atoms with Crippen LogP contribution in [0.25, 0.3) is 11.0 Å². The monoisotopic (exact) mass is 456 g/mol. The van der Waals surface area contributed by atoms with E-state index in [0.29, 0.717) is 6.42 Å². The molecule has 0 unspecified atom stereocenters. The molecule has 1 atom stereocenters. The van der Waals surface area contributed by atoms with Crippen LogP contribution in [-0.2, 0) is 24.4 Å². The highest BCUT2D eigenvalue weighted by Crippen LogP contribution is 2.45. The van der Waals surface area contributed by atoms with E-state index in [4.69, 9.17) is 0 Å². The minimum atomic E-state index is -0.725. The molecule has 0 spiro atoms. The predicted octanol–water partition coefficient (Wildman–Crippen LogP) is 4.93. The molecule has 0 aliphatic carbocycles. The quantitative estimate of drug-likeness (QED) is 0.407. The topological polar surface area (TPSA) is 80.9 Å². The maximum atomic E-state index is 13.8. The summed E-state index contributed by atoms with van der Waals surface area (Å²) in [4.78, 5) is 17.9. The van der Waals surface area contributed by atoms with Crippen LogP contribution in [0.2, 0.25) is 0 Å². The van der Waals surface area contributed by atoms with Gasteiger partial charge in [-0.1, -0.05) is 49.4 Å². The first-order valence-electron chi connectivity index (χ1n) is 11.7. The number of Topliss-reactive ketones (excluding diaryl/α,β-unsaturated/α-hetero) is 1. The molecule has 2 aromatic heterocycles. The lowest BCUT2D eigenvalue weighted by Crippen LogP contribution is -2.34. The molecule has 0 aliphatic heterocycles. The van der Waals surface area contributed by atoms with Gasteiger partial charge in [0.15, 0.2) is 0 Å². The Hall–Kier alpha value is -3.38. The van der Waals surface area contributed by atoms with Crippen LogP contribution < -0.4 is 0 Å². The number of carbonyl (C=O) groups excluding carboxylic acids is 1. The Morgan fingerprint density at radius 1 is 1.15 bits per heavy atom. The van der Waals surface area contributed by atoms with E-state index in [1.54, 1.807) is 12.4 Å². The number of aliphatic hydroxyl groups is 1. The Bertz CT molecular complexity index is 1330. The molecule has 6 nitrogen and oxygen atoms in total. The highest BCUT2D eigenvalue weighted by atomic mass is 16.3. The molecule has 0 aliphatic rings. The SMILES string of the molecule is CCn1nnc2c(C)c([C@H](c3ccc(C)c(CO)c3)C(C)(C)C(=O)Cc3cccnc3)ccc21. The van der Waals surface area contributed by atoms with Gasteiger partial charge in [-0.05, 0) is 66.3 Å². The third-order valence-corrected chi connectivity index (χ3v) is 7.00. The Balaban J connectivity index is 1.88. The van der Waals surface area contributed by atoms with Crippen LogP contribution in [0.4, 0.5) is 0 Å². The van der Waals surface area contributed by atoms with Crippen molar-refractivity contribution in [2.45, 2.75) is 60.1 Å². The van der Waals surface area contributed by atoms with Crippen molar-refractivity contribution in [1.82, 2.24) is 20.0 Å². The number of carbonyl (C=O) groups is 1. The van der Waals surface area contributed by atoms with Gasteiger partial charge in [0.05, 0.1) is 12.1 Å². The van der Waals surface area contributed by atoms with E-state index in [-0.39, 0.29) is 18.3 Å². The Labute approximate surface area is 200 Å². The number of hydrogen-bond donors (Lipinski definition) is 1. The van der Waals surface area contributed by atoms with Crippen molar-refractivity contribution in [3.05, 3.63) is 88.2 Å². The number of aliphatic hydroxyl groups excluding tert-OH is 1. The average molecular weight is 457 g/mol. The number of aryl methyl sites for hydroxylation is 3. The van der Waals surface area contributed by atoms with Crippen molar-refractivity contribution in [3.8, 4) is 0 Å². The summed E-state index contributed by atoms with van der Waals surface area (Å²) in [7, 11) is 0. The van der Waals surface area contributed by atoms with E-state index in [2.05, 4.69) is 40.4 Å². The fraction of sp³-hybridized carbons (Fsp3) is 0.357. The largest absolute Gasteiger partial charge is 0.392 e. The van der Waals surface area contributed by atoms with Crippen LogP contribution in [0.15, 0.2) is 54.9 Å². The third-order valence-electron chi connectivity index (χ3n) is 7.00. The van der Waals surface area contributed by atoms with Gasteiger partial charge in [-0.15, -0.1) is 5.10 Å². The standard InChI is InChI=1S/C28H32N4O2/c1-6-32-24-12-11-23(19(3)27(24)30-31-32)26(21-10-9-18(2)22(15-21)17-33)28(4,5)25(34)14-20-8-7-13-29-16-20/h7-13,15-16,26,33H,6,14,17H2,1-5H3/t26-/m0/s1. The normalized spacial score (nSPS) is 12.8. The number of pyridine rings is 1. The fourth-order valence-corrected chi connectivity index (χ4v) is 4.83. The summed E-state index contributed by atoms with van der Waals surface area (Å²) in [5.41, 5.74) is 7.00. The van der Waals surface area contributed by atoms with Crippen LogP contribution in [-0.4, -0.2) is 30.9 Å². The Morgan fingerprint density at radius 3 is 2.62 bits per heavy atom. The lowest BCUT2D eigenvalue weighted by Gasteiger charge is -2.35. The molecule has 4 aromatic rings. The summed E-state index contributed by atoms with van der Waals surface area (Å²) in [6, 6.07) is 14.1. The molecular weight excluding hydrogens is 424 g/mol. The van der Waals surface area contributed by atoms with Gasteiger partial charge in [0.25, 0.3) is 0 Å². The molecule has 0 radical (unpaired) electrons. The number of nitrogens with zero attached hydrogens (tertiary/aromatic N) is 4. The number of aromatic nitrogens is 4. The number of ketones is 1. The number of fused-ring (bicyclic) bond motifs is 1. The molecule has 0 amide bonds. The van der Waals surface area contributed by atoms with Gasteiger partial charge in [0.1, 0.15) is 11.3 Å². The fourth-order valence-electron chi connectivity index (χ4n) is 4.83. The zero-order chi connectivity index (χ0) is 24.5. The van der Waals surface area contributed by atoms with Crippen molar-refractivity contribution in [2.24, 2.45) is 5.41 Å². The minimum absolute atomic E-state index is 0.0424. The maximum Gasteiger partial charge on any atom is 0.143 e. The first-order valence-corrected chi connectivity index (χ1v) is 11.7. The van der Waals surface area contributed by atoms with Crippen molar-refractivity contribution >= 4 is 16.8 Å². The van der Waals surface area contributed by atoms with Crippen LogP contribution in [0.1, 0.15) is 60.1 Å². The van der Waals surface area contributed by atoms with Gasteiger partial charge < -0.3 is 5.11 Å². The smallest absolute Gasteiger partial charge is 0.143 e. The molecule has 34 heavy (non-hydrogen) atoms. The molecule has 0 fully saturated rings. The van der Waals surface area contributed by atoms with Crippen molar-refractivity contribution in [2.75, 3.05) is 0 Å². The van der Waals surface area contributed by atoms with Crippen LogP contribution in [0.3, 0.4) is 0 Å². The summed E-state index contributed by atoms with van der Waals surface area (Å²) in [6.07, 6.45) is 3.77. The molecule has 4 rings (SSSR count). The summed E-state index contributed by atoms with van der Waals surface area (Å²) in [6.45, 7) is 10.8. The zero-order valence-corrected chi connectivity index (χ0v) is 20.5. The first kappa shape index (κ1) is 23.8. The molecular formula is C28H32N4O2. The van der Waals surface area contributed by atoms with Gasteiger partial charge in [0, 0.05) is 36.7 Å². The van der Waals surface area contributed by atoms with Crippen molar-refractivity contribution in [1.29, 1.82) is 0 Å². The van der Waals surface area contributed by atoms with Crippen molar-refractivity contribution < 1.29 is 9.90 Å². The predicted molar refractivity (Wildman–Crippen MR) is 134 cm³/mol. The van der Waals surface area contributed by atoms with E-state index >= 15 is 0 Å². The van der Waals surface area contributed by atoms with E-state index in [1.807, 2.05) is 56.6 Å². The second kappa shape index (κ2) is 9.47. The van der Waals surface area contributed by atoms with Crippen LogP contribution in [0, 0.1) is 19.3 Å². The minimum Gasteiger partial charge on any atom is -0.392 e. The molecule has 2 heterocycles. The molecule has 1 N–H and O–H groups in total. The second-order valence-corrected chi connectivity index (χ2v) is 9.51. The number of hydrogen-bond acceptors (Lipinski definition) is 5. The van der Waals surface area contributed by atoms with Gasteiger partial charge in [-0.3, -0.25) is 9.78 Å². The van der Waals surface area contributed by atoms with E-state index in [1.165, 1.54) is 0 Å². The molecule has 0 saturated carbocycles. The summed E-state index contributed by atoms with van der Waals surface area (Å²) >= 11 is 0. The summed E-state index contributed by atoms with van der Waals surface area (Å²) in [5, 5.41) is 18.7. The highest BCUT2D eigenvalue weighted by Gasteiger charge is 2.39.